The molecule has 0 bridgehead atoms. The van der Waals surface area contributed by atoms with E-state index in [2.05, 4.69) is 25.2 Å². The van der Waals surface area contributed by atoms with Gasteiger partial charge in [-0.2, -0.15) is 4.98 Å². The molecule has 1 aliphatic rings. The maximum atomic E-state index is 5.73. The summed E-state index contributed by atoms with van der Waals surface area (Å²) in [7, 11) is 1.66. The normalized spacial score (nSPS) is 18.4. The number of hydrogen-bond donors (Lipinski definition) is 0. The number of aromatic nitrogens is 4. The number of hydrogen-bond acceptors (Lipinski definition) is 9. The maximum absolute atomic E-state index is 5.73. The molecule has 9 heteroatoms. The maximum Gasteiger partial charge on any atom is 0.283 e. The molecule has 4 rings (SSSR count). The molecule has 0 unspecified atom stereocenters. The van der Waals surface area contributed by atoms with Gasteiger partial charge in [0.1, 0.15) is 0 Å². The van der Waals surface area contributed by atoms with Gasteiger partial charge in [0.05, 0.1) is 25.5 Å². The Bertz CT molecular complexity index is 813. The van der Waals surface area contributed by atoms with E-state index in [-0.39, 0.29) is 6.04 Å². The van der Waals surface area contributed by atoms with Crippen molar-refractivity contribution in [1.29, 1.82) is 0 Å². The van der Waals surface area contributed by atoms with Crippen LogP contribution in [0.2, 0.25) is 0 Å². The van der Waals surface area contributed by atoms with E-state index in [1.165, 1.54) is 0 Å². The average Bonchev–Trinajstić information content (AvgIpc) is 3.41. The number of furan rings is 1. The fraction of sp³-hybridized carbons (Fsp3) is 0.529. The summed E-state index contributed by atoms with van der Waals surface area (Å²) < 4.78 is 21.6. The van der Waals surface area contributed by atoms with E-state index in [4.69, 9.17) is 18.1 Å². The van der Waals surface area contributed by atoms with E-state index in [1.807, 2.05) is 0 Å². The summed E-state index contributed by atoms with van der Waals surface area (Å²) in [5, 5.41) is 12.2. The third-order valence-electron chi connectivity index (χ3n) is 4.45. The van der Waals surface area contributed by atoms with Crippen LogP contribution in [-0.2, 0) is 17.7 Å². The lowest BCUT2D eigenvalue weighted by molar-refractivity contribution is 0.101. The van der Waals surface area contributed by atoms with Crippen molar-refractivity contribution in [2.45, 2.75) is 38.3 Å². The number of likely N-dealkylation sites (tertiary alicyclic amines) is 1. The minimum absolute atomic E-state index is 0.0616. The molecule has 1 atom stereocenters. The Balaban J connectivity index is 1.46. The summed E-state index contributed by atoms with van der Waals surface area (Å²) in [5.41, 5.74) is 0. The van der Waals surface area contributed by atoms with Crippen molar-refractivity contribution in [1.82, 2.24) is 25.2 Å². The van der Waals surface area contributed by atoms with Crippen molar-refractivity contribution in [3.63, 3.8) is 0 Å². The van der Waals surface area contributed by atoms with Gasteiger partial charge in [-0.1, -0.05) is 11.6 Å². The van der Waals surface area contributed by atoms with Gasteiger partial charge in [-0.25, -0.2) is 0 Å². The van der Waals surface area contributed by atoms with E-state index in [0.29, 0.717) is 48.8 Å². The highest BCUT2D eigenvalue weighted by atomic mass is 16.5. The Morgan fingerprint density at radius 3 is 3.12 bits per heavy atom. The highest BCUT2D eigenvalue weighted by Crippen LogP contribution is 2.31. The Hall–Kier alpha value is -2.52. The van der Waals surface area contributed by atoms with Crippen molar-refractivity contribution in [3.05, 3.63) is 36.0 Å². The zero-order chi connectivity index (χ0) is 17.8. The molecule has 1 saturated heterocycles. The minimum atomic E-state index is 0.0616. The SMILES string of the molecule is COCCc1noc([C@H]2CCCCN2Cc2nnc(-c3ccco3)o2)n1. The van der Waals surface area contributed by atoms with Crippen molar-refractivity contribution in [2.75, 3.05) is 20.3 Å². The van der Waals surface area contributed by atoms with Gasteiger partial charge in [0.25, 0.3) is 5.89 Å². The van der Waals surface area contributed by atoms with Crippen molar-refractivity contribution >= 4 is 0 Å². The van der Waals surface area contributed by atoms with Crippen LogP contribution in [0.4, 0.5) is 0 Å². The van der Waals surface area contributed by atoms with E-state index in [1.54, 1.807) is 25.5 Å². The van der Waals surface area contributed by atoms with Crippen LogP contribution in [-0.4, -0.2) is 45.5 Å². The molecule has 0 aliphatic carbocycles. The smallest absolute Gasteiger partial charge is 0.283 e. The molecular weight excluding hydrogens is 338 g/mol. The van der Waals surface area contributed by atoms with Crippen LogP contribution in [0.1, 0.15) is 42.9 Å². The zero-order valence-corrected chi connectivity index (χ0v) is 14.6. The number of rotatable bonds is 7. The summed E-state index contributed by atoms with van der Waals surface area (Å²) in [4.78, 5) is 6.77. The Kier molecular flexibility index (Phi) is 5.07. The van der Waals surface area contributed by atoms with Crippen LogP contribution in [0.25, 0.3) is 11.7 Å². The molecule has 3 aromatic rings. The second-order valence-corrected chi connectivity index (χ2v) is 6.25. The molecule has 1 aliphatic heterocycles. The molecule has 0 amide bonds. The molecule has 138 valence electrons. The van der Waals surface area contributed by atoms with Crippen LogP contribution < -0.4 is 0 Å². The van der Waals surface area contributed by atoms with Crippen LogP contribution in [0.3, 0.4) is 0 Å². The summed E-state index contributed by atoms with van der Waals surface area (Å²) in [5.74, 6) is 2.81. The first-order chi connectivity index (χ1) is 12.8. The standard InChI is InChI=1S/C17H21N5O4/c1-23-10-7-14-18-16(26-21-14)12-5-2-3-8-22(12)11-15-19-20-17(25-15)13-6-4-9-24-13/h4,6,9,12H,2-3,5,7-8,10-11H2,1H3/t12-/m1/s1. The van der Waals surface area contributed by atoms with Gasteiger partial charge in [0.2, 0.25) is 11.8 Å². The monoisotopic (exact) mass is 359 g/mol. The minimum Gasteiger partial charge on any atom is -0.459 e. The largest absolute Gasteiger partial charge is 0.459 e. The molecule has 0 spiro atoms. The van der Waals surface area contributed by atoms with E-state index < -0.39 is 0 Å². The van der Waals surface area contributed by atoms with Crippen LogP contribution in [0.15, 0.2) is 31.8 Å². The summed E-state index contributed by atoms with van der Waals surface area (Å²) in [6, 6.07) is 3.64. The summed E-state index contributed by atoms with van der Waals surface area (Å²) in [6.45, 7) is 2.03. The predicted molar refractivity (Wildman–Crippen MR) is 88.9 cm³/mol. The van der Waals surface area contributed by atoms with E-state index >= 15 is 0 Å². The molecule has 3 aromatic heterocycles. The molecule has 0 radical (unpaired) electrons. The number of nitrogens with zero attached hydrogens (tertiary/aromatic N) is 5. The third kappa shape index (κ3) is 3.68. The van der Waals surface area contributed by atoms with Crippen molar-refractivity contribution in [3.8, 4) is 11.7 Å². The van der Waals surface area contributed by atoms with E-state index in [0.717, 1.165) is 25.8 Å². The van der Waals surface area contributed by atoms with Gasteiger partial charge < -0.3 is 18.1 Å². The van der Waals surface area contributed by atoms with Crippen molar-refractivity contribution < 1.29 is 18.1 Å². The van der Waals surface area contributed by atoms with Gasteiger partial charge in [-0.05, 0) is 31.5 Å². The molecule has 0 N–H and O–H groups in total. The summed E-state index contributed by atoms with van der Waals surface area (Å²) in [6.07, 6.45) is 5.42. The lowest BCUT2D eigenvalue weighted by Crippen LogP contribution is -2.33. The van der Waals surface area contributed by atoms with Gasteiger partial charge in [-0.15, -0.1) is 10.2 Å². The number of piperidine rings is 1. The Morgan fingerprint density at radius 2 is 2.27 bits per heavy atom. The van der Waals surface area contributed by atoms with Crippen molar-refractivity contribution in [2.24, 2.45) is 0 Å². The molecular formula is C17H21N5O4. The molecule has 9 nitrogen and oxygen atoms in total. The molecule has 0 aromatic carbocycles. The number of methoxy groups -OCH3 is 1. The highest BCUT2D eigenvalue weighted by Gasteiger charge is 2.30. The molecule has 0 saturated carbocycles. The molecule has 26 heavy (non-hydrogen) atoms. The average molecular weight is 359 g/mol. The second kappa shape index (κ2) is 7.79. The predicted octanol–water partition coefficient (Wildman–Crippen LogP) is 2.63. The van der Waals surface area contributed by atoms with Crippen LogP contribution >= 0.6 is 0 Å². The van der Waals surface area contributed by atoms with E-state index in [9.17, 15) is 0 Å². The molecule has 4 heterocycles. The Morgan fingerprint density at radius 1 is 1.31 bits per heavy atom. The van der Waals surface area contributed by atoms with Gasteiger partial charge in [0, 0.05) is 13.5 Å². The summed E-state index contributed by atoms with van der Waals surface area (Å²) >= 11 is 0. The lowest BCUT2D eigenvalue weighted by Gasteiger charge is -2.32. The first-order valence-corrected chi connectivity index (χ1v) is 8.75. The highest BCUT2D eigenvalue weighted by molar-refractivity contribution is 5.42. The van der Waals surface area contributed by atoms with Gasteiger partial charge in [-0.3, -0.25) is 4.90 Å². The first kappa shape index (κ1) is 16.9. The molecule has 1 fully saturated rings. The second-order valence-electron chi connectivity index (χ2n) is 6.25. The fourth-order valence-electron chi connectivity index (χ4n) is 3.15. The zero-order valence-electron chi connectivity index (χ0n) is 14.6. The van der Waals surface area contributed by atoms with Crippen LogP contribution in [0.5, 0.6) is 0 Å². The van der Waals surface area contributed by atoms with Gasteiger partial charge >= 0.3 is 0 Å². The number of ether oxygens (including phenoxy) is 1. The quantitative estimate of drug-likeness (QED) is 0.629. The van der Waals surface area contributed by atoms with Crippen LogP contribution in [0, 0.1) is 0 Å². The fourth-order valence-corrected chi connectivity index (χ4v) is 3.15. The Labute approximate surface area is 150 Å². The van der Waals surface area contributed by atoms with Gasteiger partial charge in [0.15, 0.2) is 11.6 Å². The topological polar surface area (TPSA) is 103 Å². The first-order valence-electron chi connectivity index (χ1n) is 8.75. The third-order valence-corrected chi connectivity index (χ3v) is 4.45. The lowest BCUT2D eigenvalue weighted by atomic mass is 10.0.